The standard InChI is InChI=1S/C27H29ClN6O3/c1-4-22(18-6-5-7-19(28)15-18)32-27(37)34-24(26(36)33(3)20-8-10-30-11-9-20)21(25(34)35)13-17-12-16(2)31-23(29)14-17/h5-12,14-15,21-22,24H,4,13H2,1-3H3,(H2,29,31)(H,32,37)/t21?,22-,24+/m1/s1. The average Bonchev–Trinajstić information content (AvgIpc) is 2.87. The number of carbonyl (C=O) groups is 3. The first-order valence-electron chi connectivity index (χ1n) is 12.0. The van der Waals surface area contributed by atoms with Crippen LogP contribution in [0.4, 0.5) is 16.3 Å². The molecule has 2 aromatic heterocycles. The fourth-order valence-corrected chi connectivity index (χ4v) is 4.85. The van der Waals surface area contributed by atoms with Crippen molar-refractivity contribution in [3.05, 3.63) is 82.8 Å². The van der Waals surface area contributed by atoms with Gasteiger partial charge in [0.05, 0.1) is 12.0 Å². The van der Waals surface area contributed by atoms with E-state index in [0.717, 1.165) is 16.0 Å². The van der Waals surface area contributed by atoms with Gasteiger partial charge >= 0.3 is 6.03 Å². The van der Waals surface area contributed by atoms with E-state index >= 15 is 0 Å². The topological polar surface area (TPSA) is 122 Å². The number of nitrogen functional groups attached to an aromatic ring is 1. The van der Waals surface area contributed by atoms with E-state index in [4.69, 9.17) is 17.3 Å². The van der Waals surface area contributed by atoms with Crippen molar-refractivity contribution in [3.63, 3.8) is 0 Å². The normalized spacial score (nSPS) is 17.6. The van der Waals surface area contributed by atoms with Crippen molar-refractivity contribution in [1.82, 2.24) is 20.2 Å². The zero-order valence-electron chi connectivity index (χ0n) is 20.9. The van der Waals surface area contributed by atoms with E-state index in [1.54, 1.807) is 55.8 Å². The SMILES string of the molecule is CC[C@@H](NC(=O)N1C(=O)C(Cc2cc(C)nc(N)c2)[C@H]1C(=O)N(C)c1ccncc1)c1cccc(Cl)c1. The number of imide groups is 1. The molecule has 0 spiro atoms. The van der Waals surface area contributed by atoms with Crippen molar-refractivity contribution < 1.29 is 14.4 Å². The summed E-state index contributed by atoms with van der Waals surface area (Å²) in [6, 6.07) is 12.1. The third-order valence-electron chi connectivity index (χ3n) is 6.51. The Bertz CT molecular complexity index is 1300. The van der Waals surface area contributed by atoms with Crippen LogP contribution in [-0.4, -0.2) is 45.8 Å². The first-order chi connectivity index (χ1) is 17.7. The molecule has 3 heterocycles. The highest BCUT2D eigenvalue weighted by atomic mass is 35.5. The number of likely N-dealkylation sites (N-methyl/N-ethyl adjacent to an activating group) is 1. The number of nitrogens with zero attached hydrogens (tertiary/aromatic N) is 4. The van der Waals surface area contributed by atoms with Gasteiger partial charge in [0, 0.05) is 35.8 Å². The molecule has 9 nitrogen and oxygen atoms in total. The van der Waals surface area contributed by atoms with E-state index in [9.17, 15) is 14.4 Å². The van der Waals surface area contributed by atoms with Crippen LogP contribution in [0.25, 0.3) is 0 Å². The first-order valence-corrected chi connectivity index (χ1v) is 12.4. The molecular formula is C27H29ClN6O3. The number of urea groups is 1. The van der Waals surface area contributed by atoms with Crippen LogP contribution in [-0.2, 0) is 16.0 Å². The minimum Gasteiger partial charge on any atom is -0.384 e. The highest BCUT2D eigenvalue weighted by Gasteiger charge is 2.55. The minimum absolute atomic E-state index is 0.252. The lowest BCUT2D eigenvalue weighted by molar-refractivity contribution is -0.156. The van der Waals surface area contributed by atoms with E-state index in [1.165, 1.54) is 4.90 Å². The Balaban J connectivity index is 1.61. The number of rotatable bonds is 7. The van der Waals surface area contributed by atoms with Gasteiger partial charge in [-0.3, -0.25) is 19.5 Å². The molecule has 1 saturated heterocycles. The molecule has 0 radical (unpaired) electrons. The number of aryl methyl sites for hydroxylation is 1. The average molecular weight is 521 g/mol. The molecule has 1 aliphatic rings. The summed E-state index contributed by atoms with van der Waals surface area (Å²) in [6.45, 7) is 3.73. The number of nitrogens with one attached hydrogen (secondary N) is 1. The molecule has 0 aliphatic carbocycles. The van der Waals surface area contributed by atoms with E-state index in [2.05, 4.69) is 15.3 Å². The van der Waals surface area contributed by atoms with Crippen molar-refractivity contribution >= 4 is 41.0 Å². The molecule has 1 aliphatic heterocycles. The van der Waals surface area contributed by atoms with Gasteiger partial charge in [0.2, 0.25) is 5.91 Å². The number of halogens is 1. The highest BCUT2D eigenvalue weighted by Crippen LogP contribution is 2.33. The van der Waals surface area contributed by atoms with Gasteiger partial charge in [-0.05, 0) is 67.3 Å². The molecule has 10 heteroatoms. The van der Waals surface area contributed by atoms with Crippen LogP contribution < -0.4 is 16.0 Å². The predicted octanol–water partition coefficient (Wildman–Crippen LogP) is 3.91. The van der Waals surface area contributed by atoms with Gasteiger partial charge in [-0.1, -0.05) is 30.7 Å². The van der Waals surface area contributed by atoms with Gasteiger partial charge in [0.25, 0.3) is 5.91 Å². The third-order valence-corrected chi connectivity index (χ3v) is 6.75. The number of carbonyl (C=O) groups excluding carboxylic acids is 3. The predicted molar refractivity (Wildman–Crippen MR) is 142 cm³/mol. The Morgan fingerprint density at radius 2 is 1.92 bits per heavy atom. The van der Waals surface area contributed by atoms with Crippen LogP contribution in [0.5, 0.6) is 0 Å². The number of nitrogens with two attached hydrogens (primary N) is 1. The molecule has 4 rings (SSSR count). The van der Waals surface area contributed by atoms with Crippen molar-refractivity contribution in [2.75, 3.05) is 17.7 Å². The molecule has 1 unspecified atom stereocenters. The molecule has 3 aromatic rings. The van der Waals surface area contributed by atoms with Crippen LogP contribution in [0.1, 0.15) is 36.2 Å². The molecule has 4 amide bonds. The van der Waals surface area contributed by atoms with Gasteiger partial charge < -0.3 is 16.0 Å². The zero-order chi connectivity index (χ0) is 26.7. The number of aromatic nitrogens is 2. The Kier molecular flexibility index (Phi) is 7.73. The molecule has 3 N–H and O–H groups in total. The lowest BCUT2D eigenvalue weighted by Gasteiger charge is -2.46. The summed E-state index contributed by atoms with van der Waals surface area (Å²) in [7, 11) is 1.61. The summed E-state index contributed by atoms with van der Waals surface area (Å²) >= 11 is 6.14. The third kappa shape index (κ3) is 5.56. The van der Waals surface area contributed by atoms with Gasteiger partial charge in [0.15, 0.2) is 0 Å². The van der Waals surface area contributed by atoms with E-state index in [0.29, 0.717) is 28.6 Å². The summed E-state index contributed by atoms with van der Waals surface area (Å²) in [6.07, 6.45) is 3.98. The van der Waals surface area contributed by atoms with Crippen LogP contribution in [0.15, 0.2) is 60.9 Å². The number of benzene rings is 1. The molecule has 1 aromatic carbocycles. The molecular weight excluding hydrogens is 492 g/mol. The van der Waals surface area contributed by atoms with Crippen molar-refractivity contribution in [1.29, 1.82) is 0 Å². The number of β-lactam (4-membered cyclic amide) rings is 1. The number of amides is 4. The summed E-state index contributed by atoms with van der Waals surface area (Å²) in [5.41, 5.74) is 8.80. The summed E-state index contributed by atoms with van der Waals surface area (Å²) in [5, 5.41) is 3.45. The maximum absolute atomic E-state index is 13.7. The van der Waals surface area contributed by atoms with Crippen LogP contribution in [0.2, 0.25) is 5.02 Å². The molecule has 3 atom stereocenters. The van der Waals surface area contributed by atoms with Gasteiger partial charge in [-0.15, -0.1) is 0 Å². The second-order valence-electron chi connectivity index (χ2n) is 9.07. The lowest BCUT2D eigenvalue weighted by atomic mass is 9.81. The van der Waals surface area contributed by atoms with Crippen molar-refractivity contribution in [2.24, 2.45) is 5.92 Å². The molecule has 1 fully saturated rings. The first kappa shape index (κ1) is 26.1. The Hall–Kier alpha value is -3.98. The van der Waals surface area contributed by atoms with E-state index in [-0.39, 0.29) is 18.4 Å². The summed E-state index contributed by atoms with van der Waals surface area (Å²) in [5.74, 6) is -1.19. The quantitative estimate of drug-likeness (QED) is 0.455. The Morgan fingerprint density at radius 1 is 1.19 bits per heavy atom. The number of anilines is 2. The fraction of sp³-hybridized carbons (Fsp3) is 0.296. The second-order valence-corrected chi connectivity index (χ2v) is 9.51. The lowest BCUT2D eigenvalue weighted by Crippen LogP contribution is -2.70. The monoisotopic (exact) mass is 520 g/mol. The van der Waals surface area contributed by atoms with E-state index in [1.807, 2.05) is 26.0 Å². The fourth-order valence-electron chi connectivity index (χ4n) is 4.65. The van der Waals surface area contributed by atoms with Crippen molar-refractivity contribution in [2.45, 2.75) is 38.8 Å². The van der Waals surface area contributed by atoms with Crippen LogP contribution >= 0.6 is 11.6 Å². The molecule has 0 saturated carbocycles. The number of likely N-dealkylation sites (tertiary alicyclic amines) is 1. The number of pyridine rings is 2. The maximum Gasteiger partial charge on any atom is 0.325 e. The highest BCUT2D eigenvalue weighted by molar-refractivity contribution is 6.30. The number of hydrogen-bond acceptors (Lipinski definition) is 6. The van der Waals surface area contributed by atoms with Gasteiger partial charge in [0.1, 0.15) is 11.9 Å². The Labute approximate surface area is 220 Å². The largest absolute Gasteiger partial charge is 0.384 e. The van der Waals surface area contributed by atoms with Crippen LogP contribution in [0, 0.1) is 12.8 Å². The van der Waals surface area contributed by atoms with Gasteiger partial charge in [-0.25, -0.2) is 9.78 Å². The molecule has 192 valence electrons. The summed E-state index contributed by atoms with van der Waals surface area (Å²) in [4.78, 5) is 51.0. The maximum atomic E-state index is 13.7. The zero-order valence-corrected chi connectivity index (χ0v) is 21.6. The number of hydrogen-bond donors (Lipinski definition) is 2. The molecule has 37 heavy (non-hydrogen) atoms. The second kappa shape index (κ2) is 11.0. The Morgan fingerprint density at radius 3 is 2.57 bits per heavy atom. The smallest absolute Gasteiger partial charge is 0.325 e. The minimum atomic E-state index is -0.989. The van der Waals surface area contributed by atoms with Crippen molar-refractivity contribution in [3.8, 4) is 0 Å². The summed E-state index contributed by atoms with van der Waals surface area (Å²) < 4.78 is 0. The molecule has 0 bridgehead atoms. The van der Waals surface area contributed by atoms with Crippen LogP contribution in [0.3, 0.4) is 0 Å². The van der Waals surface area contributed by atoms with E-state index < -0.39 is 23.9 Å². The van der Waals surface area contributed by atoms with Gasteiger partial charge in [-0.2, -0.15) is 0 Å².